The van der Waals surface area contributed by atoms with Crippen molar-refractivity contribution in [3.8, 4) is 0 Å². The van der Waals surface area contributed by atoms with Crippen LogP contribution in [0.5, 0.6) is 0 Å². The fraction of sp³-hybridized carbons (Fsp3) is 0.417. The number of nitrogens with zero attached hydrogens (tertiary/aromatic N) is 4. The van der Waals surface area contributed by atoms with Crippen LogP contribution >= 0.6 is 27.7 Å². The topological polar surface area (TPSA) is 69.6 Å². The molecule has 0 spiro atoms. The molecule has 0 saturated carbocycles. The van der Waals surface area contributed by atoms with E-state index >= 15 is 0 Å². The van der Waals surface area contributed by atoms with Crippen LogP contribution in [0, 0.1) is 0 Å². The van der Waals surface area contributed by atoms with Gasteiger partial charge in [0.1, 0.15) is 5.82 Å². The van der Waals surface area contributed by atoms with Gasteiger partial charge in [-0.2, -0.15) is 0 Å². The van der Waals surface area contributed by atoms with E-state index in [2.05, 4.69) is 42.6 Å². The molecule has 0 aliphatic rings. The van der Waals surface area contributed by atoms with Crippen molar-refractivity contribution in [1.29, 1.82) is 0 Å². The summed E-state index contributed by atoms with van der Waals surface area (Å²) < 4.78 is 3.07. The van der Waals surface area contributed by atoms with Crippen LogP contribution in [0.2, 0.25) is 0 Å². The Morgan fingerprint density at radius 2 is 2.21 bits per heavy atom. The minimum Gasteiger partial charge on any atom is -0.324 e. The van der Waals surface area contributed by atoms with Crippen LogP contribution in [0.4, 0.5) is 0 Å². The molecule has 0 atom stereocenters. The molecule has 2 aromatic rings. The van der Waals surface area contributed by atoms with Gasteiger partial charge in [0.05, 0.1) is 12.2 Å². The number of hydrogen-bond acceptors (Lipinski definition) is 5. The van der Waals surface area contributed by atoms with E-state index < -0.39 is 0 Å². The van der Waals surface area contributed by atoms with E-state index in [9.17, 15) is 0 Å². The van der Waals surface area contributed by atoms with Gasteiger partial charge in [0.25, 0.3) is 0 Å². The molecule has 0 fully saturated rings. The summed E-state index contributed by atoms with van der Waals surface area (Å²) in [5.41, 5.74) is 6.69. The highest BCUT2D eigenvalue weighted by molar-refractivity contribution is 9.10. The third kappa shape index (κ3) is 3.77. The second kappa shape index (κ2) is 7.02. The first-order chi connectivity index (χ1) is 9.24. The van der Waals surface area contributed by atoms with Gasteiger partial charge < -0.3 is 10.3 Å². The van der Waals surface area contributed by atoms with Crippen molar-refractivity contribution in [1.82, 2.24) is 19.7 Å². The Kier molecular flexibility index (Phi) is 5.35. The molecule has 0 unspecified atom stereocenters. The average Bonchev–Trinajstić information content (AvgIpc) is 2.81. The van der Waals surface area contributed by atoms with Gasteiger partial charge in [-0.25, -0.2) is 0 Å². The van der Waals surface area contributed by atoms with Gasteiger partial charge >= 0.3 is 0 Å². The van der Waals surface area contributed by atoms with Crippen molar-refractivity contribution in [3.63, 3.8) is 0 Å². The number of rotatable bonds is 6. The SMILES string of the molecule is CCCn1c(CN)nnc1SCc1ccc(Br)cn1. The smallest absolute Gasteiger partial charge is 0.191 e. The number of pyridine rings is 1. The molecule has 5 nitrogen and oxygen atoms in total. The number of hydrogen-bond donors (Lipinski definition) is 1. The highest BCUT2D eigenvalue weighted by atomic mass is 79.9. The molecular formula is C12H16BrN5S. The van der Waals surface area contributed by atoms with Crippen LogP contribution in [0.15, 0.2) is 28.0 Å². The van der Waals surface area contributed by atoms with Crippen LogP contribution in [0.1, 0.15) is 24.9 Å². The summed E-state index contributed by atoms with van der Waals surface area (Å²) >= 11 is 5.01. The Morgan fingerprint density at radius 3 is 2.84 bits per heavy atom. The average molecular weight is 342 g/mol. The summed E-state index contributed by atoms with van der Waals surface area (Å²) in [7, 11) is 0. The van der Waals surface area contributed by atoms with E-state index in [0.717, 1.165) is 39.9 Å². The second-order valence-electron chi connectivity index (χ2n) is 4.01. The summed E-state index contributed by atoms with van der Waals surface area (Å²) in [4.78, 5) is 4.35. The van der Waals surface area contributed by atoms with Gasteiger partial charge in [0.2, 0.25) is 0 Å². The Balaban J connectivity index is 2.06. The molecule has 0 amide bonds. The fourth-order valence-corrected chi connectivity index (χ4v) is 2.79. The molecule has 7 heteroatoms. The highest BCUT2D eigenvalue weighted by Crippen LogP contribution is 2.22. The summed E-state index contributed by atoms with van der Waals surface area (Å²) in [5, 5.41) is 9.23. The van der Waals surface area contributed by atoms with Gasteiger partial charge in [-0.15, -0.1) is 10.2 Å². The van der Waals surface area contributed by atoms with Crippen molar-refractivity contribution in [2.75, 3.05) is 0 Å². The van der Waals surface area contributed by atoms with Gasteiger partial charge in [-0.05, 0) is 34.5 Å². The van der Waals surface area contributed by atoms with Crippen molar-refractivity contribution in [2.24, 2.45) is 5.73 Å². The lowest BCUT2D eigenvalue weighted by atomic mass is 10.4. The van der Waals surface area contributed by atoms with Crippen LogP contribution < -0.4 is 5.73 Å². The molecule has 0 bridgehead atoms. The Hall–Kier alpha value is -0.920. The van der Waals surface area contributed by atoms with Crippen LogP contribution in [-0.4, -0.2) is 19.7 Å². The zero-order valence-electron chi connectivity index (χ0n) is 10.7. The maximum Gasteiger partial charge on any atom is 0.191 e. The van der Waals surface area contributed by atoms with E-state index in [1.165, 1.54) is 0 Å². The lowest BCUT2D eigenvalue weighted by Gasteiger charge is -2.07. The first-order valence-electron chi connectivity index (χ1n) is 6.10. The normalized spacial score (nSPS) is 10.9. The van der Waals surface area contributed by atoms with Gasteiger partial charge in [0, 0.05) is 23.0 Å². The van der Waals surface area contributed by atoms with Crippen LogP contribution in [0.25, 0.3) is 0 Å². The number of nitrogens with two attached hydrogens (primary N) is 1. The highest BCUT2D eigenvalue weighted by Gasteiger charge is 2.10. The molecule has 102 valence electrons. The summed E-state index contributed by atoms with van der Waals surface area (Å²) in [6, 6.07) is 3.99. The van der Waals surface area contributed by atoms with Crippen molar-refractivity contribution >= 4 is 27.7 Å². The first-order valence-corrected chi connectivity index (χ1v) is 7.87. The Morgan fingerprint density at radius 1 is 1.37 bits per heavy atom. The van der Waals surface area contributed by atoms with Crippen LogP contribution in [-0.2, 0) is 18.8 Å². The van der Waals surface area contributed by atoms with E-state index in [0.29, 0.717) is 6.54 Å². The maximum absolute atomic E-state index is 5.67. The van der Waals surface area contributed by atoms with Crippen LogP contribution in [0.3, 0.4) is 0 Å². The minimum atomic E-state index is 0.421. The van der Waals surface area contributed by atoms with E-state index in [1.54, 1.807) is 18.0 Å². The zero-order chi connectivity index (χ0) is 13.7. The van der Waals surface area contributed by atoms with E-state index in [1.807, 2.05) is 12.1 Å². The Bertz CT molecular complexity index is 525. The molecule has 0 aliphatic carbocycles. The summed E-state index contributed by atoms with van der Waals surface area (Å²) in [6.45, 7) is 3.45. The maximum atomic E-state index is 5.67. The molecule has 0 saturated heterocycles. The van der Waals surface area contributed by atoms with E-state index in [4.69, 9.17) is 5.73 Å². The molecular weight excluding hydrogens is 326 g/mol. The number of aromatic nitrogens is 4. The lowest BCUT2D eigenvalue weighted by Crippen LogP contribution is -2.09. The molecule has 19 heavy (non-hydrogen) atoms. The summed E-state index contributed by atoms with van der Waals surface area (Å²) in [6.07, 6.45) is 2.84. The van der Waals surface area contributed by atoms with Crippen molar-refractivity contribution in [2.45, 2.75) is 37.3 Å². The van der Waals surface area contributed by atoms with Gasteiger partial charge in [-0.3, -0.25) is 4.98 Å². The first kappa shape index (κ1) is 14.5. The molecule has 0 aliphatic heterocycles. The number of thioether (sulfide) groups is 1. The standard InChI is InChI=1S/C12H16BrN5S/c1-2-5-18-11(6-14)16-17-12(18)19-8-10-4-3-9(13)7-15-10/h3-4,7H,2,5-6,8,14H2,1H3. The molecule has 2 heterocycles. The zero-order valence-corrected chi connectivity index (χ0v) is 13.1. The minimum absolute atomic E-state index is 0.421. The molecule has 2 aromatic heterocycles. The molecule has 2 rings (SSSR count). The Labute approximate surface area is 125 Å². The lowest BCUT2D eigenvalue weighted by molar-refractivity contribution is 0.592. The summed E-state index contributed by atoms with van der Waals surface area (Å²) in [5.74, 6) is 1.62. The third-order valence-electron chi connectivity index (χ3n) is 2.56. The monoisotopic (exact) mass is 341 g/mol. The predicted molar refractivity (Wildman–Crippen MR) is 79.7 cm³/mol. The van der Waals surface area contributed by atoms with Gasteiger partial charge in [0.15, 0.2) is 5.16 Å². The molecule has 0 aromatic carbocycles. The van der Waals surface area contributed by atoms with Crippen molar-refractivity contribution in [3.05, 3.63) is 34.3 Å². The quantitative estimate of drug-likeness (QED) is 0.817. The van der Waals surface area contributed by atoms with Crippen molar-refractivity contribution < 1.29 is 0 Å². The third-order valence-corrected chi connectivity index (χ3v) is 4.03. The fourth-order valence-electron chi connectivity index (χ4n) is 1.66. The van der Waals surface area contributed by atoms with Gasteiger partial charge in [-0.1, -0.05) is 18.7 Å². The molecule has 0 radical (unpaired) electrons. The predicted octanol–water partition coefficient (Wildman–Crippen LogP) is 2.60. The largest absolute Gasteiger partial charge is 0.324 e. The molecule has 2 N–H and O–H groups in total. The second-order valence-corrected chi connectivity index (χ2v) is 5.87. The number of halogens is 1. The van der Waals surface area contributed by atoms with E-state index in [-0.39, 0.29) is 0 Å².